The Bertz CT molecular complexity index is 1510. The quantitative estimate of drug-likeness (QED) is 0.198. The minimum Gasteiger partial charge on any atom is -0.484 e. The smallest absolute Gasteiger partial charge is 0.186 e. The molecule has 178 valence electrons. The highest BCUT2D eigenvalue weighted by Crippen LogP contribution is 2.43. The summed E-state index contributed by atoms with van der Waals surface area (Å²) in [5.41, 5.74) is 4.69. The van der Waals surface area contributed by atoms with E-state index in [9.17, 15) is 9.59 Å². The van der Waals surface area contributed by atoms with Gasteiger partial charge in [0.2, 0.25) is 0 Å². The topological polar surface area (TPSA) is 43.4 Å². The molecule has 4 aromatic rings. The molecule has 3 nitrogen and oxygen atoms in total. The van der Waals surface area contributed by atoms with Crippen molar-refractivity contribution in [2.75, 3.05) is 0 Å². The number of hydrogen-bond acceptors (Lipinski definition) is 3. The molecule has 0 amide bonds. The van der Waals surface area contributed by atoms with Crippen LogP contribution in [0.5, 0.6) is 5.75 Å². The van der Waals surface area contributed by atoms with Crippen LogP contribution >= 0.6 is 23.2 Å². The zero-order valence-corrected chi connectivity index (χ0v) is 21.0. The van der Waals surface area contributed by atoms with Gasteiger partial charge in [0.05, 0.1) is 12.0 Å². The molecule has 0 saturated heterocycles. The summed E-state index contributed by atoms with van der Waals surface area (Å²) in [4.78, 5) is 27.1. The number of aryl methyl sites for hydroxylation is 1. The fraction of sp³-hybridized carbons (Fsp3) is 0.0968. The molecule has 1 aliphatic heterocycles. The van der Waals surface area contributed by atoms with Crippen molar-refractivity contribution < 1.29 is 14.3 Å². The average Bonchev–Trinajstić information content (AvgIpc) is 2.87. The molecule has 0 N–H and O–H groups in total. The normalized spacial score (nSPS) is 15.0. The molecule has 1 heterocycles. The lowest BCUT2D eigenvalue weighted by Gasteiger charge is -2.29. The first kappa shape index (κ1) is 24.1. The highest BCUT2D eigenvalue weighted by molar-refractivity contribution is 6.31. The molecule has 0 spiro atoms. The minimum atomic E-state index is -0.448. The summed E-state index contributed by atoms with van der Waals surface area (Å²) in [6.07, 6.45) is 2.96. The van der Waals surface area contributed by atoms with E-state index in [1.54, 1.807) is 30.3 Å². The predicted octanol–water partition coefficient (Wildman–Crippen LogP) is 8.57. The van der Waals surface area contributed by atoms with E-state index in [0.717, 1.165) is 22.3 Å². The Kier molecular flexibility index (Phi) is 6.77. The molecule has 0 fully saturated rings. The Morgan fingerprint density at radius 3 is 2.33 bits per heavy atom. The molecule has 0 aromatic heterocycles. The van der Waals surface area contributed by atoms with Crippen LogP contribution in [0.15, 0.2) is 91.0 Å². The lowest BCUT2D eigenvalue weighted by Crippen LogP contribution is -2.22. The van der Waals surface area contributed by atoms with Gasteiger partial charge in [-0.1, -0.05) is 83.9 Å². The van der Waals surface area contributed by atoms with Crippen molar-refractivity contribution in [3.8, 4) is 16.9 Å². The summed E-state index contributed by atoms with van der Waals surface area (Å²) >= 11 is 12.3. The highest BCUT2D eigenvalue weighted by atomic mass is 35.5. The predicted molar refractivity (Wildman–Crippen MR) is 145 cm³/mol. The SMILES string of the molecule is Cc1cc2c(c(-c3ccccc3)c1C(=O)/C=C/c1cccc(Cl)c1)C(=O)CC(c1cccc(Cl)c1)O2. The number of ketones is 2. The second-order valence-electron chi connectivity index (χ2n) is 8.72. The van der Waals surface area contributed by atoms with Crippen LogP contribution in [0.1, 0.15) is 49.9 Å². The van der Waals surface area contributed by atoms with E-state index in [1.165, 1.54) is 6.08 Å². The van der Waals surface area contributed by atoms with Crippen LogP contribution in [-0.2, 0) is 0 Å². The van der Waals surface area contributed by atoms with Crippen molar-refractivity contribution in [2.45, 2.75) is 19.4 Å². The second kappa shape index (κ2) is 10.1. The zero-order valence-electron chi connectivity index (χ0n) is 19.5. The largest absolute Gasteiger partial charge is 0.484 e. The van der Waals surface area contributed by atoms with Crippen LogP contribution in [0.2, 0.25) is 10.0 Å². The third-order valence-electron chi connectivity index (χ3n) is 6.21. The molecular weight excluding hydrogens is 491 g/mol. The summed E-state index contributed by atoms with van der Waals surface area (Å²) in [6, 6.07) is 25.9. The fourth-order valence-electron chi connectivity index (χ4n) is 4.59. The molecule has 0 saturated carbocycles. The van der Waals surface area contributed by atoms with Gasteiger partial charge in [0.25, 0.3) is 0 Å². The fourth-order valence-corrected chi connectivity index (χ4v) is 4.99. The zero-order chi connectivity index (χ0) is 25.2. The van der Waals surface area contributed by atoms with Gasteiger partial charge in [0.1, 0.15) is 11.9 Å². The summed E-state index contributed by atoms with van der Waals surface area (Å²) in [5, 5.41) is 1.18. The van der Waals surface area contributed by atoms with Gasteiger partial charge in [0, 0.05) is 21.2 Å². The average molecular weight is 513 g/mol. The number of carbonyl (C=O) groups is 2. The maximum atomic E-state index is 13.6. The van der Waals surface area contributed by atoms with E-state index < -0.39 is 6.10 Å². The van der Waals surface area contributed by atoms with Gasteiger partial charge >= 0.3 is 0 Å². The van der Waals surface area contributed by atoms with Crippen molar-refractivity contribution in [1.29, 1.82) is 0 Å². The van der Waals surface area contributed by atoms with E-state index in [1.807, 2.05) is 67.6 Å². The highest BCUT2D eigenvalue weighted by Gasteiger charge is 2.33. The Morgan fingerprint density at radius 1 is 0.889 bits per heavy atom. The summed E-state index contributed by atoms with van der Waals surface area (Å²) in [6.45, 7) is 1.87. The standard InChI is InChI=1S/C31H22Cl2O3/c1-19-15-28-31(26(35)18-27(36-28)22-10-6-12-24(33)17-22)30(21-8-3-2-4-9-21)29(19)25(34)14-13-20-7-5-11-23(32)16-20/h2-17,27H,18H2,1H3/b14-13+. The van der Waals surface area contributed by atoms with Crippen molar-refractivity contribution >= 4 is 40.8 Å². The van der Waals surface area contributed by atoms with Gasteiger partial charge in [-0.25, -0.2) is 0 Å². The van der Waals surface area contributed by atoms with Crippen molar-refractivity contribution in [3.63, 3.8) is 0 Å². The van der Waals surface area contributed by atoms with Gasteiger partial charge in [-0.05, 0) is 65.6 Å². The molecule has 1 aliphatic rings. The Hall–Kier alpha value is -3.66. The molecular formula is C31H22Cl2O3. The van der Waals surface area contributed by atoms with Crippen LogP contribution < -0.4 is 4.74 Å². The van der Waals surface area contributed by atoms with Gasteiger partial charge < -0.3 is 4.74 Å². The van der Waals surface area contributed by atoms with Crippen molar-refractivity contribution in [2.24, 2.45) is 0 Å². The molecule has 0 bridgehead atoms. The van der Waals surface area contributed by atoms with Gasteiger partial charge in [0.15, 0.2) is 11.6 Å². The van der Waals surface area contributed by atoms with E-state index in [-0.39, 0.29) is 18.0 Å². The lowest BCUT2D eigenvalue weighted by molar-refractivity contribution is 0.0851. The number of fused-ring (bicyclic) bond motifs is 1. The molecule has 1 unspecified atom stereocenters. The molecule has 4 aromatic carbocycles. The number of rotatable bonds is 5. The first-order valence-electron chi connectivity index (χ1n) is 11.6. The van der Waals surface area contributed by atoms with Crippen LogP contribution in [0.4, 0.5) is 0 Å². The number of halogens is 2. The summed E-state index contributed by atoms with van der Waals surface area (Å²) < 4.78 is 6.34. The maximum Gasteiger partial charge on any atom is 0.186 e. The van der Waals surface area contributed by atoms with Crippen molar-refractivity contribution in [1.82, 2.24) is 0 Å². The number of allylic oxidation sites excluding steroid dienone is 1. The van der Waals surface area contributed by atoms with E-state index in [4.69, 9.17) is 27.9 Å². The maximum absolute atomic E-state index is 13.6. The lowest BCUT2D eigenvalue weighted by atomic mass is 9.84. The third kappa shape index (κ3) is 4.86. The van der Waals surface area contributed by atoms with Gasteiger partial charge in [-0.15, -0.1) is 0 Å². The van der Waals surface area contributed by atoms with Crippen LogP contribution in [0, 0.1) is 6.92 Å². The Labute approximate surface area is 220 Å². The molecule has 1 atom stereocenters. The molecule has 5 heteroatoms. The monoisotopic (exact) mass is 512 g/mol. The number of benzene rings is 4. The van der Waals surface area contributed by atoms with Crippen LogP contribution in [-0.4, -0.2) is 11.6 Å². The van der Waals surface area contributed by atoms with Gasteiger partial charge in [-0.3, -0.25) is 9.59 Å². The summed E-state index contributed by atoms with van der Waals surface area (Å²) in [5.74, 6) is 0.204. The van der Waals surface area contributed by atoms with E-state index in [0.29, 0.717) is 32.5 Å². The molecule has 36 heavy (non-hydrogen) atoms. The van der Waals surface area contributed by atoms with Crippen molar-refractivity contribution in [3.05, 3.63) is 129 Å². The van der Waals surface area contributed by atoms with Gasteiger partial charge in [-0.2, -0.15) is 0 Å². The Morgan fingerprint density at radius 2 is 1.61 bits per heavy atom. The third-order valence-corrected chi connectivity index (χ3v) is 6.68. The molecule has 0 aliphatic carbocycles. The number of Topliss-reactive ketones (excluding diaryl/α,β-unsaturated/α-hetero) is 1. The molecule has 5 rings (SSSR count). The summed E-state index contributed by atoms with van der Waals surface area (Å²) in [7, 11) is 0. The van der Waals surface area contributed by atoms with E-state index >= 15 is 0 Å². The number of hydrogen-bond donors (Lipinski definition) is 0. The van der Waals surface area contributed by atoms with E-state index in [2.05, 4.69) is 0 Å². The number of carbonyl (C=O) groups excluding carboxylic acids is 2. The minimum absolute atomic E-state index is 0.0760. The van der Waals surface area contributed by atoms with Crippen LogP contribution in [0.3, 0.4) is 0 Å². The molecule has 0 radical (unpaired) electrons. The first-order valence-corrected chi connectivity index (χ1v) is 12.3. The Balaban J connectivity index is 1.62. The second-order valence-corrected chi connectivity index (χ2v) is 9.60. The first-order chi connectivity index (χ1) is 17.4. The van der Waals surface area contributed by atoms with Crippen LogP contribution in [0.25, 0.3) is 17.2 Å². The number of ether oxygens (including phenoxy) is 1.